The second-order valence-electron chi connectivity index (χ2n) is 6.44. The van der Waals surface area contributed by atoms with Gasteiger partial charge in [0, 0.05) is 17.9 Å². The molecule has 0 saturated heterocycles. The van der Waals surface area contributed by atoms with Crippen molar-refractivity contribution in [2.24, 2.45) is 11.8 Å². The van der Waals surface area contributed by atoms with Crippen molar-refractivity contribution >= 4 is 40.5 Å². The van der Waals surface area contributed by atoms with Crippen molar-refractivity contribution in [3.8, 4) is 0 Å². The number of hydrogen-bond donors (Lipinski definition) is 1. The lowest BCUT2D eigenvalue weighted by molar-refractivity contribution is -0.117. The molecule has 0 spiro atoms. The smallest absolute Gasteiger partial charge is 0.224 e. The van der Waals surface area contributed by atoms with Gasteiger partial charge in [0.25, 0.3) is 0 Å². The predicted octanol–water partition coefficient (Wildman–Crippen LogP) is 5.40. The number of carbonyl (C=O) groups excluding carboxylic acids is 1. The fourth-order valence-electron chi connectivity index (χ4n) is 1.95. The molecular formula is C18H25ClFNO2S. The summed E-state index contributed by atoms with van der Waals surface area (Å²) in [7, 11) is 0. The van der Waals surface area contributed by atoms with Gasteiger partial charge in [0.2, 0.25) is 5.91 Å². The molecule has 1 N–H and O–H groups in total. The van der Waals surface area contributed by atoms with Gasteiger partial charge in [-0.05, 0) is 41.7 Å². The van der Waals surface area contributed by atoms with Crippen LogP contribution >= 0.6 is 23.8 Å². The maximum Gasteiger partial charge on any atom is 0.224 e. The van der Waals surface area contributed by atoms with Gasteiger partial charge in [-0.1, -0.05) is 45.7 Å². The fourth-order valence-corrected chi connectivity index (χ4v) is 2.39. The highest BCUT2D eigenvalue weighted by Gasteiger charge is 2.14. The number of nitrogens with one attached hydrogen (secondary N) is 1. The minimum absolute atomic E-state index is 0.120. The van der Waals surface area contributed by atoms with Gasteiger partial charge in [0.1, 0.15) is 5.82 Å². The van der Waals surface area contributed by atoms with E-state index in [9.17, 15) is 9.18 Å². The molecule has 0 aliphatic heterocycles. The highest BCUT2D eigenvalue weighted by Crippen LogP contribution is 2.26. The molecule has 134 valence electrons. The van der Waals surface area contributed by atoms with Gasteiger partial charge in [0.05, 0.1) is 12.3 Å². The molecule has 1 atom stereocenters. The van der Waals surface area contributed by atoms with Gasteiger partial charge in [-0.25, -0.2) is 4.39 Å². The molecule has 24 heavy (non-hydrogen) atoms. The van der Waals surface area contributed by atoms with Crippen LogP contribution in [0.4, 0.5) is 10.1 Å². The molecule has 0 saturated carbocycles. The van der Waals surface area contributed by atoms with Crippen LogP contribution in [0.5, 0.6) is 0 Å². The second-order valence-corrected chi connectivity index (χ2v) is 7.31. The van der Waals surface area contributed by atoms with Crippen LogP contribution in [0.2, 0.25) is 5.02 Å². The first kappa shape index (κ1) is 20.8. The molecule has 0 aliphatic rings. The molecule has 3 nitrogen and oxygen atoms in total. The van der Waals surface area contributed by atoms with Crippen LogP contribution in [0, 0.1) is 17.7 Å². The largest absolute Gasteiger partial charge is 0.486 e. The van der Waals surface area contributed by atoms with E-state index in [2.05, 4.69) is 5.32 Å². The van der Waals surface area contributed by atoms with Crippen molar-refractivity contribution in [1.29, 1.82) is 0 Å². The highest BCUT2D eigenvalue weighted by molar-refractivity contribution is 7.80. The summed E-state index contributed by atoms with van der Waals surface area (Å²) in [6.07, 6.45) is 1.54. The molecule has 0 bridgehead atoms. The number of amides is 1. The molecule has 0 fully saturated rings. The summed E-state index contributed by atoms with van der Waals surface area (Å²) >= 11 is 11.3. The summed E-state index contributed by atoms with van der Waals surface area (Å²) in [4.78, 5) is 12.0. The zero-order chi connectivity index (χ0) is 18.3. The Kier molecular flexibility index (Phi) is 8.63. The van der Waals surface area contributed by atoms with Crippen LogP contribution in [-0.2, 0) is 16.0 Å². The molecule has 1 aromatic carbocycles. The van der Waals surface area contributed by atoms with Gasteiger partial charge >= 0.3 is 0 Å². The molecule has 0 aliphatic carbocycles. The molecular weight excluding hydrogens is 349 g/mol. The van der Waals surface area contributed by atoms with E-state index in [0.29, 0.717) is 36.0 Å². The summed E-state index contributed by atoms with van der Waals surface area (Å²) in [6, 6.07) is 2.72. The van der Waals surface area contributed by atoms with E-state index in [0.717, 1.165) is 6.42 Å². The Labute approximate surface area is 153 Å². The summed E-state index contributed by atoms with van der Waals surface area (Å²) in [5, 5.41) is 3.27. The van der Waals surface area contributed by atoms with Gasteiger partial charge in [-0.2, -0.15) is 0 Å². The Hall–Kier alpha value is -1.20. The van der Waals surface area contributed by atoms with Crippen LogP contribution in [0.1, 0.15) is 46.1 Å². The molecule has 0 heterocycles. The molecule has 0 aromatic heterocycles. The Morgan fingerprint density at radius 1 is 1.38 bits per heavy atom. The lowest BCUT2D eigenvalue weighted by Gasteiger charge is -2.14. The van der Waals surface area contributed by atoms with Gasteiger partial charge in [-0.15, -0.1) is 0 Å². The third-order valence-corrected chi connectivity index (χ3v) is 4.17. The number of anilines is 1. The first-order valence-electron chi connectivity index (χ1n) is 8.16. The summed E-state index contributed by atoms with van der Waals surface area (Å²) in [5.41, 5.74) is 0.750. The number of hydrogen-bond acceptors (Lipinski definition) is 3. The number of halogens is 2. The lowest BCUT2D eigenvalue weighted by Crippen LogP contribution is -2.16. The molecule has 1 unspecified atom stereocenters. The molecule has 0 radical (unpaired) electrons. The summed E-state index contributed by atoms with van der Waals surface area (Å²) in [6.45, 7) is 8.57. The van der Waals surface area contributed by atoms with Crippen molar-refractivity contribution in [3.63, 3.8) is 0 Å². The number of rotatable bonds is 8. The van der Waals surface area contributed by atoms with Gasteiger partial charge in [-0.3, -0.25) is 4.79 Å². The van der Waals surface area contributed by atoms with Crippen LogP contribution < -0.4 is 5.32 Å². The SMILES string of the molecule is CCC(C)CC(=O)Nc1cc(CC(=S)OCC(C)C)c(Cl)cc1F. The third-order valence-electron chi connectivity index (χ3n) is 3.55. The maximum atomic E-state index is 14.0. The molecule has 1 rings (SSSR count). The standard InChI is InChI=1S/C18H25ClFNO2S/c1-5-12(4)6-17(22)21-16-7-13(14(19)9-15(16)20)8-18(24)23-10-11(2)3/h7,9,11-12H,5-6,8,10H2,1-4H3,(H,21,22). The van der Waals surface area contributed by atoms with E-state index in [4.69, 9.17) is 28.6 Å². The minimum Gasteiger partial charge on any atom is -0.486 e. The first-order chi connectivity index (χ1) is 11.2. The Balaban J connectivity index is 2.81. The van der Waals surface area contributed by atoms with E-state index in [1.807, 2.05) is 27.7 Å². The predicted molar refractivity (Wildman–Crippen MR) is 101 cm³/mol. The number of carbonyl (C=O) groups is 1. The van der Waals surface area contributed by atoms with E-state index in [1.54, 1.807) is 0 Å². The monoisotopic (exact) mass is 373 g/mol. The number of thiocarbonyl (C=S) groups is 1. The fraction of sp³-hybridized carbons (Fsp3) is 0.556. The zero-order valence-corrected chi connectivity index (χ0v) is 16.2. The Morgan fingerprint density at radius 2 is 2.04 bits per heavy atom. The first-order valence-corrected chi connectivity index (χ1v) is 8.94. The number of benzene rings is 1. The van der Waals surface area contributed by atoms with Crippen molar-refractivity contribution in [2.75, 3.05) is 11.9 Å². The van der Waals surface area contributed by atoms with E-state index in [1.165, 1.54) is 12.1 Å². The van der Waals surface area contributed by atoms with Crippen LogP contribution in [0.3, 0.4) is 0 Å². The normalized spacial score (nSPS) is 12.1. The maximum absolute atomic E-state index is 14.0. The molecule has 6 heteroatoms. The van der Waals surface area contributed by atoms with E-state index < -0.39 is 5.82 Å². The van der Waals surface area contributed by atoms with Crippen LogP contribution in [0.25, 0.3) is 0 Å². The van der Waals surface area contributed by atoms with E-state index in [-0.39, 0.29) is 22.5 Å². The summed E-state index contributed by atoms with van der Waals surface area (Å²) < 4.78 is 19.5. The molecule has 1 aromatic rings. The van der Waals surface area contributed by atoms with Crippen molar-refractivity contribution < 1.29 is 13.9 Å². The topological polar surface area (TPSA) is 38.3 Å². The lowest BCUT2D eigenvalue weighted by atomic mass is 10.0. The Bertz CT molecular complexity index is 593. The van der Waals surface area contributed by atoms with Crippen LogP contribution in [-0.4, -0.2) is 17.6 Å². The minimum atomic E-state index is -0.560. The molecule has 1 amide bonds. The third kappa shape index (κ3) is 7.14. The van der Waals surface area contributed by atoms with E-state index >= 15 is 0 Å². The average Bonchev–Trinajstić information content (AvgIpc) is 2.49. The van der Waals surface area contributed by atoms with Gasteiger partial charge < -0.3 is 10.1 Å². The Morgan fingerprint density at radius 3 is 2.62 bits per heavy atom. The quantitative estimate of drug-likeness (QED) is 0.620. The van der Waals surface area contributed by atoms with Gasteiger partial charge in [0.15, 0.2) is 5.05 Å². The average molecular weight is 374 g/mol. The van der Waals surface area contributed by atoms with Crippen LogP contribution in [0.15, 0.2) is 12.1 Å². The number of ether oxygens (including phenoxy) is 1. The zero-order valence-electron chi connectivity index (χ0n) is 14.6. The second kappa shape index (κ2) is 9.94. The summed E-state index contributed by atoms with van der Waals surface area (Å²) in [5.74, 6) is -0.163. The van der Waals surface area contributed by atoms with Crippen molar-refractivity contribution in [1.82, 2.24) is 0 Å². The van der Waals surface area contributed by atoms with Crippen molar-refractivity contribution in [3.05, 3.63) is 28.5 Å². The van der Waals surface area contributed by atoms with Crippen molar-refractivity contribution in [2.45, 2.75) is 47.0 Å². The highest BCUT2D eigenvalue weighted by atomic mass is 35.5.